The Morgan fingerprint density at radius 3 is 2.48 bits per heavy atom. The van der Waals surface area contributed by atoms with Gasteiger partial charge in [-0.1, -0.05) is 0 Å². The van der Waals surface area contributed by atoms with Gasteiger partial charge < -0.3 is 10.6 Å². The number of carbonyl (C=O) groups excluding carboxylic acids is 1. The van der Waals surface area contributed by atoms with Gasteiger partial charge >= 0.3 is 0 Å². The Kier molecular flexibility index (Phi) is 4.23. The highest BCUT2D eigenvalue weighted by molar-refractivity contribution is 5.85. The maximum atomic E-state index is 13.0. The van der Waals surface area contributed by atoms with Crippen molar-refractivity contribution < 1.29 is 4.79 Å². The molecule has 2 heterocycles. The third-order valence-corrected chi connectivity index (χ3v) is 6.73. The average Bonchev–Trinajstić information content (AvgIpc) is 3.04. The molecule has 2 N–H and O–H groups in total. The van der Waals surface area contributed by atoms with Crippen molar-refractivity contribution in [3.8, 4) is 0 Å². The minimum absolute atomic E-state index is 0. The van der Waals surface area contributed by atoms with Crippen LogP contribution in [0.1, 0.15) is 38.5 Å². The smallest absolute Gasteiger partial charge is 0.227 e. The van der Waals surface area contributed by atoms with Crippen molar-refractivity contribution in [2.24, 2.45) is 23.5 Å². The van der Waals surface area contributed by atoms with Crippen LogP contribution in [0.15, 0.2) is 0 Å². The maximum absolute atomic E-state index is 13.0. The van der Waals surface area contributed by atoms with Gasteiger partial charge in [0.2, 0.25) is 5.91 Å². The third kappa shape index (κ3) is 2.40. The molecule has 0 aromatic heterocycles. The van der Waals surface area contributed by atoms with Crippen LogP contribution in [0.4, 0.5) is 0 Å². The van der Waals surface area contributed by atoms with Crippen LogP contribution >= 0.6 is 12.4 Å². The summed E-state index contributed by atoms with van der Waals surface area (Å²) in [6.45, 7) is 1.89. The molecule has 6 atom stereocenters. The van der Waals surface area contributed by atoms with Crippen molar-refractivity contribution in [1.29, 1.82) is 0 Å². The van der Waals surface area contributed by atoms with Crippen LogP contribution in [0.5, 0.6) is 0 Å². The molecule has 120 valence electrons. The first-order valence-electron chi connectivity index (χ1n) is 8.41. The number of likely N-dealkylation sites (N-methyl/N-ethyl adjacent to an activating group) is 1. The lowest BCUT2D eigenvalue weighted by Gasteiger charge is -2.33. The molecule has 6 unspecified atom stereocenters. The predicted octanol–water partition coefficient (Wildman–Crippen LogP) is 1.48. The van der Waals surface area contributed by atoms with Crippen LogP contribution in [0.2, 0.25) is 0 Å². The zero-order valence-electron chi connectivity index (χ0n) is 12.9. The molecular formula is C16H28ClN3O. The normalized spacial score (nSPS) is 45.5. The first-order chi connectivity index (χ1) is 9.65. The number of carbonyl (C=O) groups is 1. The summed E-state index contributed by atoms with van der Waals surface area (Å²) in [5.74, 6) is 1.72. The van der Waals surface area contributed by atoms with Gasteiger partial charge in [0.25, 0.3) is 0 Å². The van der Waals surface area contributed by atoms with Crippen molar-refractivity contribution >= 4 is 18.3 Å². The van der Waals surface area contributed by atoms with Crippen LogP contribution in [0.3, 0.4) is 0 Å². The molecule has 0 aromatic carbocycles. The van der Waals surface area contributed by atoms with E-state index in [-0.39, 0.29) is 24.4 Å². The molecular weight excluding hydrogens is 286 g/mol. The third-order valence-electron chi connectivity index (χ3n) is 6.73. The van der Waals surface area contributed by atoms with E-state index >= 15 is 0 Å². The quantitative estimate of drug-likeness (QED) is 0.797. The Balaban J connectivity index is 0.00000132. The SMILES string of the molecule is CN1C2CCC1CN(C(=O)C1C3CCC(C3)C1N)CC2.Cl. The average molecular weight is 314 g/mol. The molecule has 0 spiro atoms. The lowest BCUT2D eigenvalue weighted by atomic mass is 9.84. The van der Waals surface area contributed by atoms with Crippen molar-refractivity contribution in [2.75, 3.05) is 20.1 Å². The molecule has 2 saturated heterocycles. The number of amides is 1. The van der Waals surface area contributed by atoms with Gasteiger partial charge in [-0.3, -0.25) is 9.69 Å². The second-order valence-electron chi connectivity index (χ2n) is 7.56. The van der Waals surface area contributed by atoms with Gasteiger partial charge in [-0.2, -0.15) is 0 Å². The molecule has 21 heavy (non-hydrogen) atoms. The monoisotopic (exact) mass is 313 g/mol. The highest BCUT2D eigenvalue weighted by Crippen LogP contribution is 2.48. The standard InChI is InChI=1S/C16H27N3O.ClH/c1-18-12-4-5-13(18)9-19(7-6-12)16(20)14-10-2-3-11(8-10)15(14)17;/h10-15H,2-9,17H2,1H3;1H. The van der Waals surface area contributed by atoms with Crippen molar-refractivity contribution in [1.82, 2.24) is 9.80 Å². The summed E-state index contributed by atoms with van der Waals surface area (Å²) >= 11 is 0. The van der Waals surface area contributed by atoms with Crippen LogP contribution in [0, 0.1) is 17.8 Å². The number of halogens is 1. The molecule has 4 bridgehead atoms. The van der Waals surface area contributed by atoms with E-state index in [1.54, 1.807) is 0 Å². The Bertz CT molecular complexity index is 416. The van der Waals surface area contributed by atoms with Crippen molar-refractivity contribution in [3.63, 3.8) is 0 Å². The molecule has 4 nitrogen and oxygen atoms in total. The maximum Gasteiger partial charge on any atom is 0.227 e. The van der Waals surface area contributed by atoms with Crippen LogP contribution in [-0.4, -0.2) is 54.0 Å². The van der Waals surface area contributed by atoms with Gasteiger partial charge in [0, 0.05) is 31.2 Å². The molecule has 0 aromatic rings. The lowest BCUT2D eigenvalue weighted by molar-refractivity contribution is -0.138. The topological polar surface area (TPSA) is 49.6 Å². The van der Waals surface area contributed by atoms with E-state index in [1.807, 2.05) is 0 Å². The lowest BCUT2D eigenvalue weighted by Crippen LogP contribution is -2.49. The van der Waals surface area contributed by atoms with E-state index < -0.39 is 0 Å². The fraction of sp³-hybridized carbons (Fsp3) is 0.938. The zero-order chi connectivity index (χ0) is 13.9. The summed E-state index contributed by atoms with van der Waals surface area (Å²) in [5, 5.41) is 0. The summed E-state index contributed by atoms with van der Waals surface area (Å²) in [7, 11) is 2.24. The van der Waals surface area contributed by atoms with Gasteiger partial charge in [-0.25, -0.2) is 0 Å². The van der Waals surface area contributed by atoms with E-state index in [2.05, 4.69) is 16.8 Å². The van der Waals surface area contributed by atoms with Crippen molar-refractivity contribution in [2.45, 2.75) is 56.7 Å². The summed E-state index contributed by atoms with van der Waals surface area (Å²) in [6, 6.07) is 1.42. The van der Waals surface area contributed by atoms with Gasteiger partial charge in [0.15, 0.2) is 0 Å². The van der Waals surface area contributed by atoms with E-state index in [1.165, 1.54) is 32.1 Å². The van der Waals surface area contributed by atoms with Crippen molar-refractivity contribution in [3.05, 3.63) is 0 Å². The fourth-order valence-corrected chi connectivity index (χ4v) is 5.42. The Labute approximate surface area is 133 Å². The Morgan fingerprint density at radius 2 is 1.76 bits per heavy atom. The fourth-order valence-electron chi connectivity index (χ4n) is 5.42. The molecule has 4 rings (SSSR count). The highest BCUT2D eigenvalue weighted by Gasteiger charge is 2.50. The number of fused-ring (bicyclic) bond motifs is 4. The molecule has 5 heteroatoms. The molecule has 2 aliphatic heterocycles. The van der Waals surface area contributed by atoms with Crippen LogP contribution in [0.25, 0.3) is 0 Å². The van der Waals surface area contributed by atoms with Gasteiger partial charge in [0.1, 0.15) is 0 Å². The summed E-state index contributed by atoms with van der Waals surface area (Å²) in [6.07, 6.45) is 7.41. The Morgan fingerprint density at radius 1 is 1.05 bits per heavy atom. The molecule has 1 amide bonds. The molecule has 0 radical (unpaired) electrons. The van der Waals surface area contributed by atoms with Gasteiger partial charge in [-0.05, 0) is 57.4 Å². The van der Waals surface area contributed by atoms with Gasteiger partial charge in [-0.15, -0.1) is 12.4 Å². The minimum Gasteiger partial charge on any atom is -0.341 e. The number of likely N-dealkylation sites (tertiary alicyclic amines) is 1. The number of nitrogens with two attached hydrogens (primary N) is 1. The first kappa shape index (κ1) is 15.6. The van der Waals surface area contributed by atoms with E-state index in [9.17, 15) is 4.79 Å². The second-order valence-corrected chi connectivity index (χ2v) is 7.56. The number of rotatable bonds is 1. The molecule has 4 fully saturated rings. The van der Waals surface area contributed by atoms with Gasteiger partial charge in [0.05, 0.1) is 5.92 Å². The van der Waals surface area contributed by atoms with E-state index in [4.69, 9.17) is 5.73 Å². The number of hydrogen-bond acceptors (Lipinski definition) is 3. The predicted molar refractivity (Wildman–Crippen MR) is 85.3 cm³/mol. The zero-order valence-corrected chi connectivity index (χ0v) is 13.7. The molecule has 4 aliphatic rings. The molecule has 2 aliphatic carbocycles. The Hall–Kier alpha value is -0.320. The minimum atomic E-state index is 0. The summed E-state index contributed by atoms with van der Waals surface area (Å²) in [4.78, 5) is 17.6. The van der Waals surface area contributed by atoms with Crippen LogP contribution in [-0.2, 0) is 4.79 Å². The first-order valence-corrected chi connectivity index (χ1v) is 8.41. The molecule has 2 saturated carbocycles. The van der Waals surface area contributed by atoms with E-state index in [0.717, 1.165) is 19.5 Å². The highest BCUT2D eigenvalue weighted by atomic mass is 35.5. The van der Waals surface area contributed by atoms with Crippen LogP contribution < -0.4 is 5.73 Å². The second kappa shape index (κ2) is 5.71. The number of hydrogen-bond donors (Lipinski definition) is 1. The number of nitrogens with zero attached hydrogens (tertiary/aromatic N) is 2. The largest absolute Gasteiger partial charge is 0.341 e. The summed E-state index contributed by atoms with van der Waals surface area (Å²) < 4.78 is 0. The van der Waals surface area contributed by atoms with E-state index in [0.29, 0.717) is 29.8 Å². The summed E-state index contributed by atoms with van der Waals surface area (Å²) in [5.41, 5.74) is 6.36.